The largest absolute Gasteiger partial charge is 0.391 e. The van der Waals surface area contributed by atoms with Gasteiger partial charge in [-0.2, -0.15) is 13.2 Å². The average Bonchev–Trinajstić information content (AvgIpc) is 2.28. The van der Waals surface area contributed by atoms with Gasteiger partial charge >= 0.3 is 6.18 Å². The van der Waals surface area contributed by atoms with Crippen LogP contribution >= 0.6 is 0 Å². The maximum absolute atomic E-state index is 12.6. The Hall–Kier alpha value is -0.690. The number of halogens is 3. The Kier molecular flexibility index (Phi) is 5.32. The van der Waals surface area contributed by atoms with Crippen LogP contribution in [0.1, 0.15) is 45.4 Å². The minimum absolute atomic E-state index is 0.00836. The van der Waals surface area contributed by atoms with Crippen molar-refractivity contribution in [3.63, 3.8) is 0 Å². The van der Waals surface area contributed by atoms with Gasteiger partial charge in [-0.05, 0) is 38.5 Å². The van der Waals surface area contributed by atoms with E-state index >= 15 is 0 Å². The van der Waals surface area contributed by atoms with E-state index in [2.05, 4.69) is 11.8 Å². The fraction of sp³-hybridized carbons (Fsp3) is 0.846. The van der Waals surface area contributed by atoms with E-state index in [9.17, 15) is 13.2 Å². The van der Waals surface area contributed by atoms with Gasteiger partial charge in [0.15, 0.2) is 0 Å². The summed E-state index contributed by atoms with van der Waals surface area (Å²) < 4.78 is 37.9. The summed E-state index contributed by atoms with van der Waals surface area (Å²) in [5.74, 6) is 4.54. The number of alkyl halides is 3. The summed E-state index contributed by atoms with van der Waals surface area (Å²) >= 11 is 0. The molecule has 1 fully saturated rings. The minimum Gasteiger partial charge on any atom is -0.327 e. The second kappa shape index (κ2) is 6.30. The van der Waals surface area contributed by atoms with E-state index in [-0.39, 0.29) is 24.8 Å². The maximum Gasteiger partial charge on any atom is 0.391 e. The Bertz CT molecular complexity index is 287. The van der Waals surface area contributed by atoms with E-state index in [1.165, 1.54) is 0 Å². The molecule has 2 N–H and O–H groups in total. The highest BCUT2D eigenvalue weighted by molar-refractivity contribution is 4.96. The monoisotopic (exact) mass is 247 g/mol. The summed E-state index contributed by atoms with van der Waals surface area (Å²) in [5, 5.41) is 0. The Morgan fingerprint density at radius 2 is 2.06 bits per heavy atom. The molecule has 1 aliphatic carbocycles. The topological polar surface area (TPSA) is 26.0 Å². The lowest BCUT2D eigenvalue weighted by molar-refractivity contribution is -0.186. The third-order valence-corrected chi connectivity index (χ3v) is 3.56. The van der Waals surface area contributed by atoms with Gasteiger partial charge in [-0.1, -0.05) is 6.42 Å². The van der Waals surface area contributed by atoms with E-state index in [1.54, 1.807) is 6.92 Å². The molecule has 3 unspecified atom stereocenters. The molecule has 0 aromatic rings. The zero-order valence-electron chi connectivity index (χ0n) is 10.2. The average molecular weight is 247 g/mol. The molecule has 1 rings (SSSR count). The molecule has 0 spiro atoms. The molecule has 1 aliphatic rings. The van der Waals surface area contributed by atoms with Crippen LogP contribution in [0.2, 0.25) is 0 Å². The lowest BCUT2D eigenvalue weighted by Crippen LogP contribution is -2.37. The highest BCUT2D eigenvalue weighted by Crippen LogP contribution is 2.41. The molecule has 0 bridgehead atoms. The number of nitrogens with two attached hydrogens (primary N) is 1. The van der Waals surface area contributed by atoms with Crippen LogP contribution in [0.5, 0.6) is 0 Å². The van der Waals surface area contributed by atoms with Crippen molar-refractivity contribution in [1.82, 2.24) is 0 Å². The SMILES string of the molecule is CC#CCCC(N)C1CCCC(C(F)(F)F)C1. The molecule has 0 aliphatic heterocycles. The Morgan fingerprint density at radius 1 is 1.35 bits per heavy atom. The van der Waals surface area contributed by atoms with Crippen LogP contribution < -0.4 is 5.73 Å². The second-order valence-corrected chi connectivity index (χ2v) is 4.79. The summed E-state index contributed by atoms with van der Waals surface area (Å²) in [6, 6.07) is -0.138. The fourth-order valence-electron chi connectivity index (χ4n) is 2.51. The van der Waals surface area contributed by atoms with Crippen molar-refractivity contribution in [3.05, 3.63) is 0 Å². The number of hydrogen-bond acceptors (Lipinski definition) is 1. The summed E-state index contributed by atoms with van der Waals surface area (Å²) in [6.07, 6.45) is -0.733. The molecule has 98 valence electrons. The molecule has 0 heterocycles. The van der Waals surface area contributed by atoms with Gasteiger partial charge in [0.2, 0.25) is 0 Å². The second-order valence-electron chi connectivity index (χ2n) is 4.79. The summed E-state index contributed by atoms with van der Waals surface area (Å²) in [6.45, 7) is 1.76. The van der Waals surface area contributed by atoms with Crippen molar-refractivity contribution in [3.8, 4) is 11.8 Å². The van der Waals surface area contributed by atoms with Crippen molar-refractivity contribution >= 4 is 0 Å². The predicted molar refractivity (Wildman–Crippen MR) is 62.2 cm³/mol. The molecule has 0 saturated heterocycles. The number of rotatable bonds is 3. The van der Waals surface area contributed by atoms with E-state index < -0.39 is 12.1 Å². The maximum atomic E-state index is 12.6. The van der Waals surface area contributed by atoms with Gasteiger partial charge in [0.05, 0.1) is 5.92 Å². The first-order chi connectivity index (χ1) is 7.95. The van der Waals surface area contributed by atoms with E-state index in [0.717, 1.165) is 6.42 Å². The highest BCUT2D eigenvalue weighted by atomic mass is 19.4. The van der Waals surface area contributed by atoms with Gasteiger partial charge in [-0.25, -0.2) is 0 Å². The van der Waals surface area contributed by atoms with Gasteiger partial charge < -0.3 is 5.73 Å². The van der Waals surface area contributed by atoms with Gasteiger partial charge in [0.1, 0.15) is 0 Å². The Morgan fingerprint density at radius 3 is 2.65 bits per heavy atom. The summed E-state index contributed by atoms with van der Waals surface area (Å²) in [5.41, 5.74) is 5.96. The van der Waals surface area contributed by atoms with Crippen molar-refractivity contribution < 1.29 is 13.2 Å². The molecule has 0 radical (unpaired) electrons. The normalized spacial score (nSPS) is 27.1. The van der Waals surface area contributed by atoms with Crippen LogP contribution in [0, 0.1) is 23.7 Å². The van der Waals surface area contributed by atoms with Crippen LogP contribution in [0.15, 0.2) is 0 Å². The molecule has 0 aromatic carbocycles. The lowest BCUT2D eigenvalue weighted by atomic mass is 9.77. The van der Waals surface area contributed by atoms with E-state index in [0.29, 0.717) is 19.3 Å². The van der Waals surface area contributed by atoms with E-state index in [4.69, 9.17) is 5.73 Å². The first-order valence-corrected chi connectivity index (χ1v) is 6.17. The van der Waals surface area contributed by atoms with Gasteiger partial charge in [-0.15, -0.1) is 11.8 Å². The molecule has 17 heavy (non-hydrogen) atoms. The van der Waals surface area contributed by atoms with Crippen molar-refractivity contribution in [2.75, 3.05) is 0 Å². The van der Waals surface area contributed by atoms with Crippen molar-refractivity contribution in [2.24, 2.45) is 17.6 Å². The summed E-state index contributed by atoms with van der Waals surface area (Å²) in [7, 11) is 0. The first-order valence-electron chi connectivity index (χ1n) is 6.17. The standard InChI is InChI=1S/C13H20F3N/c1-2-3-4-8-12(17)10-6-5-7-11(9-10)13(14,15)16/h10-12H,4-9,17H2,1H3. The van der Waals surface area contributed by atoms with Crippen molar-refractivity contribution in [1.29, 1.82) is 0 Å². The molecule has 0 aromatic heterocycles. The summed E-state index contributed by atoms with van der Waals surface area (Å²) in [4.78, 5) is 0. The minimum atomic E-state index is -4.05. The Labute approximate surface area is 101 Å². The quantitative estimate of drug-likeness (QED) is 0.759. The molecule has 0 amide bonds. The van der Waals surface area contributed by atoms with Crippen LogP contribution in [0.25, 0.3) is 0 Å². The van der Waals surface area contributed by atoms with Crippen LogP contribution in [0.4, 0.5) is 13.2 Å². The number of hydrogen-bond donors (Lipinski definition) is 1. The first kappa shape index (κ1) is 14.4. The van der Waals surface area contributed by atoms with Gasteiger partial charge in [0.25, 0.3) is 0 Å². The molecule has 3 atom stereocenters. The smallest absolute Gasteiger partial charge is 0.327 e. The predicted octanol–water partition coefficient (Wildman–Crippen LogP) is 3.49. The zero-order valence-corrected chi connectivity index (χ0v) is 10.2. The Balaban J connectivity index is 2.45. The third kappa shape index (κ3) is 4.59. The molecular formula is C13H20F3N. The van der Waals surface area contributed by atoms with Crippen LogP contribution in [0.3, 0.4) is 0 Å². The van der Waals surface area contributed by atoms with Crippen LogP contribution in [-0.4, -0.2) is 12.2 Å². The third-order valence-electron chi connectivity index (χ3n) is 3.56. The van der Waals surface area contributed by atoms with E-state index in [1.807, 2.05) is 0 Å². The van der Waals surface area contributed by atoms with Crippen molar-refractivity contribution in [2.45, 2.75) is 57.7 Å². The molecular weight excluding hydrogens is 227 g/mol. The fourth-order valence-corrected chi connectivity index (χ4v) is 2.51. The van der Waals surface area contributed by atoms with Gasteiger partial charge in [-0.3, -0.25) is 0 Å². The zero-order chi connectivity index (χ0) is 12.9. The molecule has 4 heteroatoms. The highest BCUT2D eigenvalue weighted by Gasteiger charge is 2.42. The van der Waals surface area contributed by atoms with Crippen LogP contribution in [-0.2, 0) is 0 Å². The molecule has 1 saturated carbocycles. The lowest BCUT2D eigenvalue weighted by Gasteiger charge is -2.33. The molecule has 1 nitrogen and oxygen atoms in total. The van der Waals surface area contributed by atoms with Gasteiger partial charge in [0, 0.05) is 12.5 Å².